The first-order valence-corrected chi connectivity index (χ1v) is 6.25. The van der Waals surface area contributed by atoms with Crippen molar-refractivity contribution in [2.45, 2.75) is 38.8 Å². The summed E-state index contributed by atoms with van der Waals surface area (Å²) in [7, 11) is 0. The summed E-state index contributed by atoms with van der Waals surface area (Å²) in [5.41, 5.74) is 6.25. The Labute approximate surface area is 113 Å². The number of carbonyl (C=O) groups excluding carboxylic acids is 1. The topological polar surface area (TPSA) is 84.6 Å². The monoisotopic (exact) mass is 266 g/mol. The molecule has 1 atom stereocenters. The maximum Gasteiger partial charge on any atom is 0.413 e. The number of hydrogen-bond acceptors (Lipinski definition) is 4. The largest absolute Gasteiger partial charge is 0.413 e. The highest BCUT2D eigenvalue weighted by atomic mass is 16.6. The molecule has 0 aliphatic rings. The summed E-state index contributed by atoms with van der Waals surface area (Å²) < 4.78 is 5.19. The number of nitrogens with one attached hydrogen (secondary N) is 1. The van der Waals surface area contributed by atoms with Crippen LogP contribution in [0.2, 0.25) is 0 Å². The van der Waals surface area contributed by atoms with Gasteiger partial charge in [0.1, 0.15) is 5.75 Å². The number of rotatable bonds is 4. The molecule has 0 spiro atoms. The lowest BCUT2D eigenvalue weighted by molar-refractivity contribution is 0.190. The quantitative estimate of drug-likeness (QED) is 0.769. The number of benzene rings is 1. The Kier molecular flexibility index (Phi) is 5.32. The second-order valence-electron chi connectivity index (χ2n) is 5.56. The van der Waals surface area contributed by atoms with E-state index in [0.29, 0.717) is 12.2 Å². The van der Waals surface area contributed by atoms with E-state index in [1.165, 1.54) is 0 Å². The third kappa shape index (κ3) is 6.22. The molecule has 0 fully saturated rings. The van der Waals surface area contributed by atoms with E-state index < -0.39 is 6.09 Å². The molecule has 0 saturated carbocycles. The molecule has 5 nitrogen and oxygen atoms in total. The fourth-order valence-electron chi connectivity index (χ4n) is 1.54. The van der Waals surface area contributed by atoms with Crippen LogP contribution in [0.4, 0.5) is 4.79 Å². The van der Waals surface area contributed by atoms with Gasteiger partial charge in [-0.3, -0.25) is 0 Å². The molecule has 0 bridgehead atoms. The van der Waals surface area contributed by atoms with Crippen LogP contribution in [0.1, 0.15) is 26.3 Å². The third-order valence-corrected chi connectivity index (χ3v) is 2.32. The van der Waals surface area contributed by atoms with Crippen molar-refractivity contribution in [1.29, 1.82) is 0 Å². The van der Waals surface area contributed by atoms with Crippen molar-refractivity contribution in [3.8, 4) is 5.75 Å². The van der Waals surface area contributed by atoms with Gasteiger partial charge in [0.05, 0.1) is 6.61 Å². The average Bonchev–Trinajstić information content (AvgIpc) is 2.26. The minimum Gasteiger partial charge on any atom is -0.410 e. The zero-order chi connectivity index (χ0) is 14.5. The van der Waals surface area contributed by atoms with Crippen molar-refractivity contribution in [1.82, 2.24) is 5.32 Å². The molecule has 0 aliphatic heterocycles. The van der Waals surface area contributed by atoms with Gasteiger partial charge >= 0.3 is 6.09 Å². The molecule has 1 amide bonds. The molecule has 0 saturated heterocycles. The number of hydrogen-bond donors (Lipinski definition) is 3. The molecule has 0 heterocycles. The number of ether oxygens (including phenoxy) is 1. The van der Waals surface area contributed by atoms with E-state index >= 15 is 0 Å². The highest BCUT2D eigenvalue weighted by Crippen LogP contribution is 2.15. The summed E-state index contributed by atoms with van der Waals surface area (Å²) in [6.45, 7) is 5.57. The summed E-state index contributed by atoms with van der Waals surface area (Å²) in [6.07, 6.45) is 0.0466. The standard InChI is InChI=1S/C14H22N2O3/c1-14(2,3)16-13(18)19-12-6-4-5-10(8-12)7-11(15)9-17/h4-6,8,11,17H,7,9,15H2,1-3H3,(H,16,18). The predicted octanol–water partition coefficient (Wildman–Crippen LogP) is 1.44. The number of carbonyl (C=O) groups is 1. The second kappa shape index (κ2) is 6.54. The van der Waals surface area contributed by atoms with Crippen LogP contribution in [0, 0.1) is 0 Å². The van der Waals surface area contributed by atoms with Gasteiger partial charge in [-0.25, -0.2) is 4.79 Å². The van der Waals surface area contributed by atoms with E-state index in [0.717, 1.165) is 5.56 Å². The lowest BCUT2D eigenvalue weighted by Gasteiger charge is -2.20. The minimum atomic E-state index is -0.490. The average molecular weight is 266 g/mol. The first-order chi connectivity index (χ1) is 8.80. The van der Waals surface area contributed by atoms with Gasteiger partial charge in [0.2, 0.25) is 0 Å². The highest BCUT2D eigenvalue weighted by molar-refractivity contribution is 5.71. The Morgan fingerprint density at radius 3 is 2.74 bits per heavy atom. The van der Waals surface area contributed by atoms with E-state index in [1.54, 1.807) is 18.2 Å². The van der Waals surface area contributed by atoms with Crippen LogP contribution in [0.15, 0.2) is 24.3 Å². The molecule has 1 aromatic rings. The van der Waals surface area contributed by atoms with Crippen molar-refractivity contribution >= 4 is 6.09 Å². The van der Waals surface area contributed by atoms with Crippen molar-refractivity contribution < 1.29 is 14.6 Å². The van der Waals surface area contributed by atoms with Gasteiger partial charge in [0, 0.05) is 11.6 Å². The Hall–Kier alpha value is -1.59. The third-order valence-electron chi connectivity index (χ3n) is 2.32. The van der Waals surface area contributed by atoms with Crippen LogP contribution in [0.25, 0.3) is 0 Å². The fraction of sp³-hybridized carbons (Fsp3) is 0.500. The number of nitrogens with two attached hydrogens (primary N) is 1. The van der Waals surface area contributed by atoms with Crippen molar-refractivity contribution in [2.24, 2.45) is 5.73 Å². The molecule has 0 radical (unpaired) electrons. The molecule has 1 aromatic carbocycles. The summed E-state index contributed by atoms with van der Waals surface area (Å²) in [5, 5.41) is 11.6. The molecule has 5 heteroatoms. The van der Waals surface area contributed by atoms with Gasteiger partial charge in [0.15, 0.2) is 0 Å². The maximum absolute atomic E-state index is 11.6. The summed E-state index contributed by atoms with van der Waals surface area (Å²) in [4.78, 5) is 11.6. The zero-order valence-electron chi connectivity index (χ0n) is 11.6. The molecule has 1 rings (SSSR count). The van der Waals surface area contributed by atoms with E-state index in [-0.39, 0.29) is 18.2 Å². The Balaban J connectivity index is 2.64. The molecule has 0 aromatic heterocycles. The predicted molar refractivity (Wildman–Crippen MR) is 74.1 cm³/mol. The molecular weight excluding hydrogens is 244 g/mol. The second-order valence-corrected chi connectivity index (χ2v) is 5.56. The van der Waals surface area contributed by atoms with Crippen LogP contribution in [0.5, 0.6) is 5.75 Å². The Bertz CT molecular complexity index is 427. The minimum absolute atomic E-state index is 0.0738. The normalized spacial score (nSPS) is 12.9. The molecule has 4 N–H and O–H groups in total. The van der Waals surface area contributed by atoms with E-state index in [4.69, 9.17) is 15.6 Å². The van der Waals surface area contributed by atoms with Gasteiger partial charge in [-0.15, -0.1) is 0 Å². The lowest BCUT2D eigenvalue weighted by Crippen LogP contribution is -2.42. The molecule has 19 heavy (non-hydrogen) atoms. The van der Waals surface area contributed by atoms with Crippen LogP contribution < -0.4 is 15.8 Å². The summed E-state index contributed by atoms with van der Waals surface area (Å²) in [6, 6.07) is 6.82. The smallest absolute Gasteiger partial charge is 0.410 e. The van der Waals surface area contributed by atoms with Crippen molar-refractivity contribution in [2.75, 3.05) is 6.61 Å². The van der Waals surface area contributed by atoms with Gasteiger partial charge in [-0.1, -0.05) is 12.1 Å². The van der Waals surface area contributed by atoms with Crippen LogP contribution in [-0.4, -0.2) is 29.4 Å². The molecular formula is C14H22N2O3. The molecule has 0 aliphatic carbocycles. The van der Waals surface area contributed by atoms with Crippen molar-refractivity contribution in [3.63, 3.8) is 0 Å². The van der Waals surface area contributed by atoms with Gasteiger partial charge < -0.3 is 20.9 Å². The Morgan fingerprint density at radius 1 is 1.47 bits per heavy atom. The molecule has 1 unspecified atom stereocenters. The number of aliphatic hydroxyl groups excluding tert-OH is 1. The van der Waals surface area contributed by atoms with Gasteiger partial charge in [-0.2, -0.15) is 0 Å². The van der Waals surface area contributed by atoms with E-state index in [1.807, 2.05) is 26.8 Å². The maximum atomic E-state index is 11.6. The Morgan fingerprint density at radius 2 is 2.16 bits per heavy atom. The van der Waals surface area contributed by atoms with Crippen LogP contribution in [0.3, 0.4) is 0 Å². The van der Waals surface area contributed by atoms with Crippen LogP contribution >= 0.6 is 0 Å². The highest BCUT2D eigenvalue weighted by Gasteiger charge is 2.15. The summed E-state index contributed by atoms with van der Waals surface area (Å²) in [5.74, 6) is 0.462. The molecule has 106 valence electrons. The fourth-order valence-corrected chi connectivity index (χ4v) is 1.54. The van der Waals surface area contributed by atoms with E-state index in [9.17, 15) is 4.79 Å². The number of amides is 1. The van der Waals surface area contributed by atoms with Gasteiger partial charge in [-0.05, 0) is 44.9 Å². The lowest BCUT2D eigenvalue weighted by atomic mass is 10.1. The zero-order valence-corrected chi connectivity index (χ0v) is 11.6. The van der Waals surface area contributed by atoms with Crippen LogP contribution in [-0.2, 0) is 6.42 Å². The SMILES string of the molecule is CC(C)(C)NC(=O)Oc1cccc(CC(N)CO)c1. The first kappa shape index (κ1) is 15.5. The first-order valence-electron chi connectivity index (χ1n) is 6.25. The van der Waals surface area contributed by atoms with Crippen molar-refractivity contribution in [3.05, 3.63) is 29.8 Å². The van der Waals surface area contributed by atoms with E-state index in [2.05, 4.69) is 5.32 Å². The summed E-state index contributed by atoms with van der Waals surface area (Å²) >= 11 is 0. The van der Waals surface area contributed by atoms with Gasteiger partial charge in [0.25, 0.3) is 0 Å². The number of aliphatic hydroxyl groups is 1.